The Labute approximate surface area is 128 Å². The van der Waals surface area contributed by atoms with Gasteiger partial charge in [0.2, 0.25) is 17.7 Å². The summed E-state index contributed by atoms with van der Waals surface area (Å²) >= 11 is 0. The van der Waals surface area contributed by atoms with E-state index in [0.29, 0.717) is 37.1 Å². The van der Waals surface area contributed by atoms with E-state index in [1.807, 2.05) is 4.90 Å². The lowest BCUT2D eigenvalue weighted by Gasteiger charge is -2.25. The minimum absolute atomic E-state index is 0.0460. The number of likely N-dealkylation sites (tertiary alicyclic amines) is 2. The van der Waals surface area contributed by atoms with Crippen molar-refractivity contribution in [2.24, 2.45) is 5.92 Å². The van der Waals surface area contributed by atoms with Crippen molar-refractivity contribution in [2.75, 3.05) is 20.1 Å². The fourth-order valence-corrected chi connectivity index (χ4v) is 3.44. The van der Waals surface area contributed by atoms with Crippen molar-refractivity contribution in [3.05, 3.63) is 11.7 Å². The third-order valence-corrected chi connectivity index (χ3v) is 4.91. The molecule has 2 amide bonds. The monoisotopic (exact) mass is 304 g/mol. The number of hydrogen-bond acceptors (Lipinski definition) is 5. The van der Waals surface area contributed by atoms with Crippen LogP contribution in [0.2, 0.25) is 0 Å². The van der Waals surface area contributed by atoms with E-state index < -0.39 is 0 Å². The first-order chi connectivity index (χ1) is 10.6. The van der Waals surface area contributed by atoms with Crippen LogP contribution in [0.4, 0.5) is 0 Å². The second-order valence-corrected chi connectivity index (χ2v) is 6.63. The lowest BCUT2D eigenvalue weighted by molar-refractivity contribution is -0.136. The molecule has 1 aromatic rings. The van der Waals surface area contributed by atoms with Gasteiger partial charge < -0.3 is 14.3 Å². The number of carbonyl (C=O) groups excluding carboxylic acids is 2. The summed E-state index contributed by atoms with van der Waals surface area (Å²) in [7, 11) is 1.75. The summed E-state index contributed by atoms with van der Waals surface area (Å²) < 4.78 is 5.33. The Morgan fingerprint density at radius 3 is 2.82 bits per heavy atom. The van der Waals surface area contributed by atoms with E-state index in [1.165, 1.54) is 0 Å². The summed E-state index contributed by atoms with van der Waals surface area (Å²) in [6.45, 7) is 1.23. The molecule has 0 unspecified atom stereocenters. The maximum atomic E-state index is 12.7. The highest BCUT2D eigenvalue weighted by Gasteiger charge is 2.41. The number of hydrogen-bond donors (Lipinski definition) is 0. The molecule has 0 radical (unpaired) electrons. The predicted molar refractivity (Wildman–Crippen MR) is 75.7 cm³/mol. The van der Waals surface area contributed by atoms with Gasteiger partial charge in [0.15, 0.2) is 5.82 Å². The molecule has 1 aromatic heterocycles. The van der Waals surface area contributed by atoms with E-state index in [0.717, 1.165) is 25.7 Å². The number of aromatic nitrogens is 2. The minimum atomic E-state index is -0.229. The van der Waals surface area contributed by atoms with Gasteiger partial charge in [0.1, 0.15) is 0 Å². The Hall–Kier alpha value is -1.92. The number of nitrogens with zero attached hydrogens (tertiary/aromatic N) is 4. The van der Waals surface area contributed by atoms with Gasteiger partial charge in [0.05, 0.1) is 12.0 Å². The minimum Gasteiger partial charge on any atom is -0.345 e. The summed E-state index contributed by atoms with van der Waals surface area (Å²) in [6, 6.07) is -0.0928. The molecule has 2 aliphatic heterocycles. The molecule has 1 aliphatic carbocycles. The highest BCUT2D eigenvalue weighted by atomic mass is 16.5. The quantitative estimate of drug-likeness (QED) is 0.835. The molecule has 3 aliphatic rings. The summed E-state index contributed by atoms with van der Waals surface area (Å²) in [6.07, 6.45) is 4.36. The van der Waals surface area contributed by atoms with Crippen LogP contribution in [0.5, 0.6) is 0 Å². The molecule has 4 rings (SSSR count). The molecule has 0 bridgehead atoms. The lowest BCUT2D eigenvalue weighted by atomic mass is 10.1. The zero-order chi connectivity index (χ0) is 15.3. The third-order valence-electron chi connectivity index (χ3n) is 4.91. The van der Waals surface area contributed by atoms with Crippen LogP contribution < -0.4 is 0 Å². The van der Waals surface area contributed by atoms with Crippen molar-refractivity contribution in [3.63, 3.8) is 0 Å². The maximum absolute atomic E-state index is 12.7. The van der Waals surface area contributed by atoms with Crippen LogP contribution in [0, 0.1) is 5.92 Å². The molecule has 3 fully saturated rings. The zero-order valence-corrected chi connectivity index (χ0v) is 12.7. The van der Waals surface area contributed by atoms with Crippen LogP contribution in [-0.4, -0.2) is 51.9 Å². The van der Waals surface area contributed by atoms with Gasteiger partial charge in [0.25, 0.3) is 0 Å². The highest BCUT2D eigenvalue weighted by Crippen LogP contribution is 2.40. The Morgan fingerprint density at radius 2 is 2.14 bits per heavy atom. The van der Waals surface area contributed by atoms with Crippen molar-refractivity contribution in [1.82, 2.24) is 19.9 Å². The van der Waals surface area contributed by atoms with Gasteiger partial charge in [-0.05, 0) is 25.7 Å². The molecule has 7 heteroatoms. The van der Waals surface area contributed by atoms with Gasteiger partial charge in [-0.1, -0.05) is 5.16 Å². The topological polar surface area (TPSA) is 79.5 Å². The highest BCUT2D eigenvalue weighted by molar-refractivity contribution is 5.89. The van der Waals surface area contributed by atoms with Crippen molar-refractivity contribution < 1.29 is 14.1 Å². The molecule has 2 atom stereocenters. The van der Waals surface area contributed by atoms with E-state index in [-0.39, 0.29) is 23.8 Å². The average Bonchev–Trinajstić information content (AvgIpc) is 2.93. The Morgan fingerprint density at radius 1 is 1.32 bits per heavy atom. The van der Waals surface area contributed by atoms with Crippen LogP contribution in [-0.2, 0) is 9.59 Å². The van der Waals surface area contributed by atoms with Crippen LogP contribution in [0.3, 0.4) is 0 Å². The molecule has 1 saturated carbocycles. The van der Waals surface area contributed by atoms with Gasteiger partial charge in [-0.15, -0.1) is 0 Å². The smallest absolute Gasteiger partial charge is 0.229 e. The van der Waals surface area contributed by atoms with E-state index in [4.69, 9.17) is 4.52 Å². The Bertz CT molecular complexity index is 610. The summed E-state index contributed by atoms with van der Waals surface area (Å²) in [5.41, 5.74) is 0. The number of rotatable bonds is 3. The van der Waals surface area contributed by atoms with Gasteiger partial charge in [-0.2, -0.15) is 4.98 Å². The standard InChI is InChI=1S/C15H20N4O3/c1-18-8-10(7-12(18)20)15(21)19-6-2-3-11(19)13-16-14(22-17-13)9-4-5-9/h9-11H,2-8H2,1H3/t10-,11-/m1/s1. The molecule has 0 spiro atoms. The average molecular weight is 304 g/mol. The molecule has 7 nitrogen and oxygen atoms in total. The molecular formula is C15H20N4O3. The normalized spacial score (nSPS) is 28.7. The fraction of sp³-hybridized carbons (Fsp3) is 0.733. The van der Waals surface area contributed by atoms with Crippen LogP contribution in [0.15, 0.2) is 4.52 Å². The van der Waals surface area contributed by atoms with E-state index >= 15 is 0 Å². The van der Waals surface area contributed by atoms with Crippen LogP contribution in [0.1, 0.15) is 55.8 Å². The first kappa shape index (κ1) is 13.7. The van der Waals surface area contributed by atoms with Crippen molar-refractivity contribution in [2.45, 2.75) is 44.1 Å². The molecule has 22 heavy (non-hydrogen) atoms. The van der Waals surface area contributed by atoms with Gasteiger partial charge in [-0.3, -0.25) is 9.59 Å². The molecule has 0 N–H and O–H groups in total. The third kappa shape index (κ3) is 2.28. The van der Waals surface area contributed by atoms with E-state index in [1.54, 1.807) is 11.9 Å². The second kappa shape index (κ2) is 5.07. The van der Waals surface area contributed by atoms with Gasteiger partial charge in [-0.25, -0.2) is 0 Å². The fourth-order valence-electron chi connectivity index (χ4n) is 3.44. The predicted octanol–water partition coefficient (Wildman–Crippen LogP) is 1.09. The number of amides is 2. The maximum Gasteiger partial charge on any atom is 0.229 e. The molecule has 2 saturated heterocycles. The largest absolute Gasteiger partial charge is 0.345 e. The van der Waals surface area contributed by atoms with Crippen LogP contribution in [0.25, 0.3) is 0 Å². The number of carbonyl (C=O) groups is 2. The first-order valence-corrected chi connectivity index (χ1v) is 8.01. The Kier molecular flexibility index (Phi) is 3.16. The summed E-state index contributed by atoms with van der Waals surface area (Å²) in [5.74, 6) is 1.64. The van der Waals surface area contributed by atoms with Gasteiger partial charge in [0, 0.05) is 32.5 Å². The summed E-state index contributed by atoms with van der Waals surface area (Å²) in [5, 5.41) is 4.09. The molecular weight excluding hydrogens is 284 g/mol. The van der Waals surface area contributed by atoms with Gasteiger partial charge >= 0.3 is 0 Å². The first-order valence-electron chi connectivity index (χ1n) is 8.01. The lowest BCUT2D eigenvalue weighted by Crippen LogP contribution is -2.37. The van der Waals surface area contributed by atoms with Crippen molar-refractivity contribution in [1.29, 1.82) is 0 Å². The van der Waals surface area contributed by atoms with Crippen LogP contribution >= 0.6 is 0 Å². The van der Waals surface area contributed by atoms with Crippen molar-refractivity contribution >= 4 is 11.8 Å². The molecule has 0 aromatic carbocycles. The van der Waals surface area contributed by atoms with Crippen molar-refractivity contribution in [3.8, 4) is 0 Å². The van der Waals surface area contributed by atoms with E-state index in [2.05, 4.69) is 10.1 Å². The zero-order valence-electron chi connectivity index (χ0n) is 12.7. The second-order valence-electron chi connectivity index (χ2n) is 6.63. The molecule has 118 valence electrons. The SMILES string of the molecule is CN1C[C@H](C(=O)N2CCC[C@@H]2c2noc(C3CC3)n2)CC1=O. The van der Waals surface area contributed by atoms with E-state index in [9.17, 15) is 9.59 Å². The summed E-state index contributed by atoms with van der Waals surface area (Å²) in [4.78, 5) is 32.4. The Balaban J connectivity index is 1.50. The molecule has 3 heterocycles.